The first-order chi connectivity index (χ1) is 9.67. The Hall–Kier alpha value is -2.29. The number of carbonyl (C=O) groups excluding carboxylic acids is 1. The first kappa shape index (κ1) is 14.1. The molecule has 2 aromatic carbocycles. The Kier molecular flexibility index (Phi) is 4.77. The smallest absolute Gasteiger partial charge is 0.411 e. The lowest BCUT2D eigenvalue weighted by atomic mass is 10.0. The average molecular weight is 269 g/mol. The standard InChI is InChI=1S/C17H19NO2/c1-3-20-17(19)18-16-10-8-15(9-11-16)12-14-6-4-13(2)5-7-14/h4-11H,3,12H2,1-2H3,(H,18,19). The van der Waals surface area contributed by atoms with Gasteiger partial charge in [0.25, 0.3) is 0 Å². The van der Waals surface area contributed by atoms with E-state index in [1.807, 2.05) is 24.3 Å². The van der Waals surface area contributed by atoms with Crippen LogP contribution in [0, 0.1) is 6.92 Å². The molecule has 0 fully saturated rings. The molecular weight excluding hydrogens is 250 g/mol. The molecule has 3 heteroatoms. The van der Waals surface area contributed by atoms with E-state index in [1.165, 1.54) is 16.7 Å². The summed E-state index contributed by atoms with van der Waals surface area (Å²) in [6, 6.07) is 16.3. The van der Waals surface area contributed by atoms with Gasteiger partial charge in [0, 0.05) is 5.69 Å². The zero-order valence-corrected chi connectivity index (χ0v) is 11.8. The summed E-state index contributed by atoms with van der Waals surface area (Å²) in [6.07, 6.45) is 0.471. The van der Waals surface area contributed by atoms with Gasteiger partial charge in [0.2, 0.25) is 0 Å². The lowest BCUT2D eigenvalue weighted by Crippen LogP contribution is -2.13. The lowest BCUT2D eigenvalue weighted by Gasteiger charge is -2.07. The highest BCUT2D eigenvalue weighted by atomic mass is 16.5. The molecule has 0 aliphatic heterocycles. The van der Waals surface area contributed by atoms with E-state index < -0.39 is 6.09 Å². The monoisotopic (exact) mass is 269 g/mol. The Labute approximate surface area is 119 Å². The third-order valence-corrected chi connectivity index (χ3v) is 3.00. The highest BCUT2D eigenvalue weighted by molar-refractivity contribution is 5.84. The van der Waals surface area contributed by atoms with Crippen LogP contribution in [-0.2, 0) is 11.2 Å². The molecule has 0 saturated carbocycles. The number of benzene rings is 2. The number of carbonyl (C=O) groups is 1. The molecular formula is C17H19NO2. The molecule has 0 aliphatic rings. The number of aryl methyl sites for hydroxylation is 1. The van der Waals surface area contributed by atoms with E-state index in [2.05, 4.69) is 36.5 Å². The van der Waals surface area contributed by atoms with Gasteiger partial charge in [-0.2, -0.15) is 0 Å². The minimum absolute atomic E-state index is 0.372. The molecule has 0 radical (unpaired) electrons. The van der Waals surface area contributed by atoms with Crippen molar-refractivity contribution in [3.8, 4) is 0 Å². The Morgan fingerprint density at radius 3 is 2.10 bits per heavy atom. The second kappa shape index (κ2) is 6.75. The molecule has 1 amide bonds. The normalized spacial score (nSPS) is 10.1. The number of hydrogen-bond donors (Lipinski definition) is 1. The summed E-state index contributed by atoms with van der Waals surface area (Å²) in [5, 5.41) is 2.68. The molecule has 1 N–H and O–H groups in total. The van der Waals surface area contributed by atoms with Crippen LogP contribution in [0.2, 0.25) is 0 Å². The van der Waals surface area contributed by atoms with Crippen molar-refractivity contribution in [3.63, 3.8) is 0 Å². The highest BCUT2D eigenvalue weighted by Gasteiger charge is 2.02. The number of hydrogen-bond acceptors (Lipinski definition) is 2. The minimum Gasteiger partial charge on any atom is -0.450 e. The van der Waals surface area contributed by atoms with Crippen LogP contribution in [0.1, 0.15) is 23.6 Å². The fourth-order valence-electron chi connectivity index (χ4n) is 1.93. The Bertz CT molecular complexity index is 559. The van der Waals surface area contributed by atoms with Crippen molar-refractivity contribution in [3.05, 3.63) is 65.2 Å². The SMILES string of the molecule is CCOC(=O)Nc1ccc(Cc2ccc(C)cc2)cc1. The number of rotatable bonds is 4. The van der Waals surface area contributed by atoms with E-state index in [1.54, 1.807) is 6.92 Å². The molecule has 20 heavy (non-hydrogen) atoms. The average Bonchev–Trinajstić information content (AvgIpc) is 2.44. The van der Waals surface area contributed by atoms with Gasteiger partial charge < -0.3 is 4.74 Å². The van der Waals surface area contributed by atoms with Gasteiger partial charge in [0.15, 0.2) is 0 Å². The summed E-state index contributed by atoms with van der Waals surface area (Å²) in [6.45, 7) is 4.24. The molecule has 104 valence electrons. The molecule has 2 rings (SSSR count). The summed E-state index contributed by atoms with van der Waals surface area (Å²) in [5.41, 5.74) is 4.50. The molecule has 0 unspecified atom stereocenters. The van der Waals surface area contributed by atoms with Crippen molar-refractivity contribution in [2.45, 2.75) is 20.3 Å². The lowest BCUT2D eigenvalue weighted by molar-refractivity contribution is 0.168. The van der Waals surface area contributed by atoms with E-state index >= 15 is 0 Å². The second-order valence-corrected chi connectivity index (χ2v) is 4.70. The van der Waals surface area contributed by atoms with E-state index in [9.17, 15) is 4.79 Å². The van der Waals surface area contributed by atoms with Crippen molar-refractivity contribution in [1.82, 2.24) is 0 Å². The molecule has 3 nitrogen and oxygen atoms in total. The first-order valence-corrected chi connectivity index (χ1v) is 6.75. The Morgan fingerprint density at radius 1 is 1.00 bits per heavy atom. The maximum atomic E-state index is 11.3. The Balaban J connectivity index is 1.97. The predicted octanol–water partition coefficient (Wildman–Crippen LogP) is 4.15. The number of anilines is 1. The third kappa shape index (κ3) is 4.12. The maximum Gasteiger partial charge on any atom is 0.411 e. The van der Waals surface area contributed by atoms with E-state index in [0.717, 1.165) is 12.1 Å². The van der Waals surface area contributed by atoms with E-state index in [-0.39, 0.29) is 0 Å². The molecule has 0 heterocycles. The van der Waals surface area contributed by atoms with Gasteiger partial charge in [-0.3, -0.25) is 5.32 Å². The van der Waals surface area contributed by atoms with Crippen LogP contribution in [0.4, 0.5) is 10.5 Å². The molecule has 0 aliphatic carbocycles. The highest BCUT2D eigenvalue weighted by Crippen LogP contribution is 2.14. The van der Waals surface area contributed by atoms with Crippen LogP contribution in [0.15, 0.2) is 48.5 Å². The molecule has 0 bridgehead atoms. The molecule has 2 aromatic rings. The zero-order chi connectivity index (χ0) is 14.4. The largest absolute Gasteiger partial charge is 0.450 e. The number of ether oxygens (including phenoxy) is 1. The topological polar surface area (TPSA) is 38.3 Å². The summed E-state index contributed by atoms with van der Waals surface area (Å²) in [4.78, 5) is 11.3. The van der Waals surface area contributed by atoms with Crippen molar-refractivity contribution in [2.24, 2.45) is 0 Å². The third-order valence-electron chi connectivity index (χ3n) is 3.00. The van der Waals surface area contributed by atoms with Crippen LogP contribution >= 0.6 is 0 Å². The summed E-state index contributed by atoms with van der Waals surface area (Å²) in [5.74, 6) is 0. The molecule has 0 aromatic heterocycles. The van der Waals surface area contributed by atoms with Crippen LogP contribution in [-0.4, -0.2) is 12.7 Å². The number of nitrogens with one attached hydrogen (secondary N) is 1. The van der Waals surface area contributed by atoms with Crippen molar-refractivity contribution in [1.29, 1.82) is 0 Å². The summed E-state index contributed by atoms with van der Waals surface area (Å²) < 4.78 is 4.83. The van der Waals surface area contributed by atoms with Gasteiger partial charge in [0.1, 0.15) is 0 Å². The van der Waals surface area contributed by atoms with E-state index in [0.29, 0.717) is 6.61 Å². The van der Waals surface area contributed by atoms with Crippen LogP contribution in [0.25, 0.3) is 0 Å². The Morgan fingerprint density at radius 2 is 1.55 bits per heavy atom. The van der Waals surface area contributed by atoms with Gasteiger partial charge in [0.05, 0.1) is 6.61 Å². The molecule has 0 spiro atoms. The molecule has 0 atom stereocenters. The predicted molar refractivity (Wildman–Crippen MR) is 81.1 cm³/mol. The zero-order valence-electron chi connectivity index (χ0n) is 11.8. The van der Waals surface area contributed by atoms with Gasteiger partial charge in [-0.05, 0) is 43.5 Å². The minimum atomic E-state index is -0.418. The number of amides is 1. The fourth-order valence-corrected chi connectivity index (χ4v) is 1.93. The summed E-state index contributed by atoms with van der Waals surface area (Å²) in [7, 11) is 0. The fraction of sp³-hybridized carbons (Fsp3) is 0.235. The van der Waals surface area contributed by atoms with Crippen LogP contribution in [0.3, 0.4) is 0 Å². The van der Waals surface area contributed by atoms with Gasteiger partial charge >= 0.3 is 6.09 Å². The summed E-state index contributed by atoms with van der Waals surface area (Å²) >= 11 is 0. The first-order valence-electron chi connectivity index (χ1n) is 6.75. The van der Waals surface area contributed by atoms with Crippen LogP contribution < -0.4 is 5.32 Å². The van der Waals surface area contributed by atoms with Crippen molar-refractivity contribution < 1.29 is 9.53 Å². The molecule has 0 saturated heterocycles. The van der Waals surface area contributed by atoms with Gasteiger partial charge in [-0.25, -0.2) is 4.79 Å². The van der Waals surface area contributed by atoms with Gasteiger partial charge in [-0.1, -0.05) is 42.0 Å². The van der Waals surface area contributed by atoms with Crippen molar-refractivity contribution in [2.75, 3.05) is 11.9 Å². The van der Waals surface area contributed by atoms with Crippen molar-refractivity contribution >= 4 is 11.8 Å². The van der Waals surface area contributed by atoms with E-state index in [4.69, 9.17) is 4.74 Å². The second-order valence-electron chi connectivity index (χ2n) is 4.70. The van der Waals surface area contributed by atoms with Gasteiger partial charge in [-0.15, -0.1) is 0 Å². The quantitative estimate of drug-likeness (QED) is 0.905. The van der Waals surface area contributed by atoms with Crippen LogP contribution in [0.5, 0.6) is 0 Å². The maximum absolute atomic E-state index is 11.3.